The fraction of sp³-hybridized carbons (Fsp3) is 0.467. The summed E-state index contributed by atoms with van der Waals surface area (Å²) in [5.74, 6) is -0.202. The molecule has 0 N–H and O–H groups in total. The van der Waals surface area contributed by atoms with Gasteiger partial charge in [-0.3, -0.25) is 4.79 Å². The highest BCUT2D eigenvalue weighted by Gasteiger charge is 2.22. The smallest absolute Gasteiger partial charge is 0.180 e. The number of nitriles is 1. The molecule has 1 aromatic rings. The Kier molecular flexibility index (Phi) is 4.45. The summed E-state index contributed by atoms with van der Waals surface area (Å²) in [6, 6.07) is 7.80. The highest BCUT2D eigenvalue weighted by molar-refractivity contribution is 6.00. The lowest BCUT2D eigenvalue weighted by molar-refractivity contribution is 0.0936. The highest BCUT2D eigenvalue weighted by atomic mass is 16.1. The Morgan fingerprint density at radius 2 is 2.00 bits per heavy atom. The summed E-state index contributed by atoms with van der Waals surface area (Å²) in [6.07, 6.45) is 0.628. The van der Waals surface area contributed by atoms with Crippen molar-refractivity contribution in [1.82, 2.24) is 0 Å². The van der Waals surface area contributed by atoms with Crippen LogP contribution in [0, 0.1) is 37.0 Å². The van der Waals surface area contributed by atoms with Gasteiger partial charge in [0.05, 0.1) is 6.07 Å². The van der Waals surface area contributed by atoms with Crippen molar-refractivity contribution in [2.24, 2.45) is 11.8 Å². The number of carbonyl (C=O) groups excluding carboxylic acids is 1. The Bertz CT molecular complexity index is 454. The molecule has 0 heterocycles. The zero-order chi connectivity index (χ0) is 13.0. The fourth-order valence-electron chi connectivity index (χ4n) is 1.90. The summed E-state index contributed by atoms with van der Waals surface area (Å²) in [6.45, 7) is 7.98. The first-order chi connectivity index (χ1) is 7.97. The largest absolute Gasteiger partial charge is 0.293 e. The molecule has 1 aromatic carbocycles. The molecule has 0 saturated carbocycles. The predicted molar refractivity (Wildman–Crippen MR) is 68.8 cm³/mol. The quantitative estimate of drug-likeness (QED) is 0.739. The van der Waals surface area contributed by atoms with Gasteiger partial charge in [-0.2, -0.15) is 5.26 Å². The third kappa shape index (κ3) is 3.17. The number of ketones is 1. The van der Waals surface area contributed by atoms with Crippen molar-refractivity contribution < 1.29 is 4.79 Å². The number of Topliss-reactive ketones (excluding diaryl/α,β-unsaturated/α-hetero) is 1. The monoisotopic (exact) mass is 229 g/mol. The third-order valence-corrected chi connectivity index (χ3v) is 3.05. The van der Waals surface area contributed by atoms with Gasteiger partial charge in [0.1, 0.15) is 5.92 Å². The van der Waals surface area contributed by atoms with E-state index >= 15 is 0 Å². The first-order valence-electron chi connectivity index (χ1n) is 5.97. The van der Waals surface area contributed by atoms with Crippen LogP contribution in [0.1, 0.15) is 41.8 Å². The molecule has 0 aliphatic rings. The van der Waals surface area contributed by atoms with Crippen LogP contribution in [-0.4, -0.2) is 5.78 Å². The molecular weight excluding hydrogens is 210 g/mol. The molecule has 0 aromatic heterocycles. The standard InChI is InChI=1S/C15H19NO/c1-10(2)8-13(9-16)15(17)14-7-5-6-11(3)12(14)4/h5-7,10,13H,8H2,1-4H3. The maximum Gasteiger partial charge on any atom is 0.180 e. The van der Waals surface area contributed by atoms with E-state index in [4.69, 9.17) is 5.26 Å². The summed E-state index contributed by atoms with van der Waals surface area (Å²) in [5, 5.41) is 9.10. The van der Waals surface area contributed by atoms with Crippen LogP contribution in [0.5, 0.6) is 0 Å². The first kappa shape index (κ1) is 13.4. The van der Waals surface area contributed by atoms with Gasteiger partial charge in [-0.1, -0.05) is 32.0 Å². The van der Waals surface area contributed by atoms with Crippen LogP contribution >= 0.6 is 0 Å². The van der Waals surface area contributed by atoms with Gasteiger partial charge >= 0.3 is 0 Å². The lowest BCUT2D eigenvalue weighted by Crippen LogP contribution is -2.16. The molecule has 0 bridgehead atoms. The lowest BCUT2D eigenvalue weighted by atomic mass is 9.88. The zero-order valence-electron chi connectivity index (χ0n) is 10.9. The number of rotatable bonds is 4. The average Bonchev–Trinajstić information content (AvgIpc) is 2.28. The highest BCUT2D eigenvalue weighted by Crippen LogP contribution is 2.20. The second kappa shape index (κ2) is 5.63. The Balaban J connectivity index is 3.03. The van der Waals surface area contributed by atoms with Crippen LogP contribution in [0.25, 0.3) is 0 Å². The van der Waals surface area contributed by atoms with Crippen molar-refractivity contribution in [3.63, 3.8) is 0 Å². The van der Waals surface area contributed by atoms with Crippen molar-refractivity contribution in [2.45, 2.75) is 34.1 Å². The van der Waals surface area contributed by atoms with E-state index in [9.17, 15) is 4.79 Å². The molecule has 2 heteroatoms. The van der Waals surface area contributed by atoms with E-state index in [-0.39, 0.29) is 5.78 Å². The first-order valence-corrected chi connectivity index (χ1v) is 5.97. The molecule has 90 valence electrons. The van der Waals surface area contributed by atoms with Gasteiger partial charge in [0.15, 0.2) is 5.78 Å². The van der Waals surface area contributed by atoms with Crippen molar-refractivity contribution >= 4 is 5.78 Å². The van der Waals surface area contributed by atoms with Gasteiger partial charge in [-0.15, -0.1) is 0 Å². The van der Waals surface area contributed by atoms with Crippen LogP contribution in [-0.2, 0) is 0 Å². The summed E-state index contributed by atoms with van der Waals surface area (Å²) in [5.41, 5.74) is 2.77. The fourth-order valence-corrected chi connectivity index (χ4v) is 1.90. The third-order valence-electron chi connectivity index (χ3n) is 3.05. The second-order valence-electron chi connectivity index (χ2n) is 4.92. The number of benzene rings is 1. The maximum atomic E-state index is 12.3. The van der Waals surface area contributed by atoms with Gasteiger partial charge in [0, 0.05) is 5.56 Å². The van der Waals surface area contributed by atoms with E-state index in [1.807, 2.05) is 45.9 Å². The van der Waals surface area contributed by atoms with E-state index in [0.717, 1.165) is 11.1 Å². The number of hydrogen-bond acceptors (Lipinski definition) is 2. The van der Waals surface area contributed by atoms with Gasteiger partial charge in [0.2, 0.25) is 0 Å². The topological polar surface area (TPSA) is 40.9 Å². The molecule has 0 amide bonds. The van der Waals surface area contributed by atoms with Gasteiger partial charge < -0.3 is 0 Å². The minimum absolute atomic E-state index is 0.0394. The molecule has 0 aliphatic carbocycles. The lowest BCUT2D eigenvalue weighted by Gasteiger charge is -2.13. The number of aryl methyl sites for hydroxylation is 1. The van der Waals surface area contributed by atoms with Crippen LogP contribution in [0.4, 0.5) is 0 Å². The Labute approximate surface area is 103 Å². The van der Waals surface area contributed by atoms with Crippen molar-refractivity contribution in [2.75, 3.05) is 0 Å². The number of carbonyl (C=O) groups is 1. The van der Waals surface area contributed by atoms with Crippen LogP contribution in [0.2, 0.25) is 0 Å². The molecule has 1 unspecified atom stereocenters. The van der Waals surface area contributed by atoms with E-state index in [1.54, 1.807) is 0 Å². The number of hydrogen-bond donors (Lipinski definition) is 0. The van der Waals surface area contributed by atoms with Crippen molar-refractivity contribution in [3.8, 4) is 6.07 Å². The van der Waals surface area contributed by atoms with Crippen LogP contribution in [0.3, 0.4) is 0 Å². The molecule has 1 atom stereocenters. The summed E-state index contributed by atoms with van der Waals surface area (Å²) >= 11 is 0. The second-order valence-corrected chi connectivity index (χ2v) is 4.92. The zero-order valence-corrected chi connectivity index (χ0v) is 10.9. The Morgan fingerprint density at radius 3 is 2.53 bits per heavy atom. The van der Waals surface area contributed by atoms with E-state index in [0.29, 0.717) is 17.9 Å². The molecule has 2 nitrogen and oxygen atoms in total. The molecule has 0 spiro atoms. The Morgan fingerprint density at radius 1 is 1.35 bits per heavy atom. The maximum absolute atomic E-state index is 12.3. The van der Waals surface area contributed by atoms with E-state index in [2.05, 4.69) is 6.07 Å². The molecule has 17 heavy (non-hydrogen) atoms. The van der Waals surface area contributed by atoms with Gasteiger partial charge in [-0.05, 0) is 37.3 Å². The van der Waals surface area contributed by atoms with Gasteiger partial charge in [-0.25, -0.2) is 0 Å². The summed E-state index contributed by atoms with van der Waals surface area (Å²) < 4.78 is 0. The van der Waals surface area contributed by atoms with E-state index < -0.39 is 5.92 Å². The SMILES string of the molecule is Cc1cccc(C(=O)C(C#N)CC(C)C)c1C. The van der Waals surface area contributed by atoms with Crippen molar-refractivity contribution in [3.05, 3.63) is 34.9 Å². The molecule has 0 aliphatic heterocycles. The summed E-state index contributed by atoms with van der Waals surface area (Å²) in [7, 11) is 0. The predicted octanol–water partition coefficient (Wildman–Crippen LogP) is 3.67. The van der Waals surface area contributed by atoms with Crippen LogP contribution in [0.15, 0.2) is 18.2 Å². The summed E-state index contributed by atoms with van der Waals surface area (Å²) in [4.78, 5) is 12.3. The van der Waals surface area contributed by atoms with E-state index in [1.165, 1.54) is 0 Å². The van der Waals surface area contributed by atoms with Crippen molar-refractivity contribution in [1.29, 1.82) is 5.26 Å². The minimum atomic E-state index is -0.518. The normalized spacial score (nSPS) is 12.2. The molecular formula is C15H19NO. The van der Waals surface area contributed by atoms with Gasteiger partial charge in [0.25, 0.3) is 0 Å². The number of nitrogens with zero attached hydrogens (tertiary/aromatic N) is 1. The minimum Gasteiger partial charge on any atom is -0.293 e. The average molecular weight is 229 g/mol. The van der Waals surface area contributed by atoms with Crippen LogP contribution < -0.4 is 0 Å². The molecule has 0 saturated heterocycles. The molecule has 0 radical (unpaired) electrons. The molecule has 0 fully saturated rings. The molecule has 1 rings (SSSR count). The Hall–Kier alpha value is -1.62.